The fourth-order valence-corrected chi connectivity index (χ4v) is 1.96. The van der Waals surface area contributed by atoms with Crippen LogP contribution in [0, 0.1) is 6.92 Å². The Bertz CT molecular complexity index is 425. The molecule has 0 saturated heterocycles. The lowest BCUT2D eigenvalue weighted by Gasteiger charge is -2.22. The minimum atomic E-state index is -0.0201. The second kappa shape index (κ2) is 6.28. The third-order valence-electron chi connectivity index (χ3n) is 3.02. The Labute approximate surface area is 108 Å². The quantitative estimate of drug-likeness (QED) is 0.807. The zero-order valence-electron chi connectivity index (χ0n) is 11.7. The number of hydrogen-bond donors (Lipinski definition) is 0. The first kappa shape index (κ1) is 14.4. The standard InChI is InChI=1S/C14H21NO3/c1-6-15(7-2)14(16)12-10(3)8-9-11(17-4)13(12)18-5/h8-9H,6-7H2,1-5H3. The molecular weight excluding hydrogens is 230 g/mol. The zero-order chi connectivity index (χ0) is 13.7. The molecule has 0 aliphatic carbocycles. The molecule has 1 aromatic carbocycles. The molecule has 0 aliphatic heterocycles. The highest BCUT2D eigenvalue weighted by molar-refractivity contribution is 5.99. The van der Waals surface area contributed by atoms with Crippen LogP contribution in [0.15, 0.2) is 12.1 Å². The second-order valence-electron chi connectivity index (χ2n) is 3.97. The van der Waals surface area contributed by atoms with E-state index in [2.05, 4.69) is 0 Å². The van der Waals surface area contributed by atoms with Gasteiger partial charge in [-0.2, -0.15) is 0 Å². The van der Waals surface area contributed by atoms with Gasteiger partial charge in [0.2, 0.25) is 0 Å². The van der Waals surface area contributed by atoms with E-state index in [0.29, 0.717) is 30.2 Å². The van der Waals surface area contributed by atoms with Crippen LogP contribution in [0.1, 0.15) is 29.8 Å². The van der Waals surface area contributed by atoms with Crippen LogP contribution in [0.3, 0.4) is 0 Å². The maximum Gasteiger partial charge on any atom is 0.258 e. The van der Waals surface area contributed by atoms with E-state index in [0.717, 1.165) is 5.56 Å². The maximum absolute atomic E-state index is 12.5. The summed E-state index contributed by atoms with van der Waals surface area (Å²) in [6.07, 6.45) is 0. The summed E-state index contributed by atoms with van der Waals surface area (Å²) in [5.74, 6) is 1.07. The van der Waals surface area contributed by atoms with Gasteiger partial charge in [0.1, 0.15) is 0 Å². The van der Waals surface area contributed by atoms with E-state index in [-0.39, 0.29) is 5.91 Å². The van der Waals surface area contributed by atoms with Gasteiger partial charge in [0.05, 0.1) is 19.8 Å². The molecule has 0 aromatic heterocycles. The first-order valence-electron chi connectivity index (χ1n) is 6.11. The second-order valence-corrected chi connectivity index (χ2v) is 3.97. The van der Waals surface area contributed by atoms with E-state index >= 15 is 0 Å². The van der Waals surface area contributed by atoms with Crippen molar-refractivity contribution in [3.05, 3.63) is 23.3 Å². The van der Waals surface area contributed by atoms with Gasteiger partial charge in [-0.05, 0) is 32.4 Å². The topological polar surface area (TPSA) is 38.8 Å². The number of amides is 1. The number of aryl methyl sites for hydroxylation is 1. The number of ether oxygens (including phenoxy) is 2. The van der Waals surface area contributed by atoms with Crippen LogP contribution in [0.4, 0.5) is 0 Å². The lowest BCUT2D eigenvalue weighted by atomic mass is 10.1. The molecule has 0 N–H and O–H groups in total. The molecule has 1 rings (SSSR count). The van der Waals surface area contributed by atoms with E-state index in [4.69, 9.17) is 9.47 Å². The molecule has 0 saturated carbocycles. The molecule has 0 spiro atoms. The fraction of sp³-hybridized carbons (Fsp3) is 0.500. The minimum absolute atomic E-state index is 0.0201. The van der Waals surface area contributed by atoms with Crippen molar-refractivity contribution in [3.8, 4) is 11.5 Å². The molecule has 0 atom stereocenters. The van der Waals surface area contributed by atoms with Crippen LogP contribution in [0.2, 0.25) is 0 Å². The number of hydrogen-bond acceptors (Lipinski definition) is 3. The van der Waals surface area contributed by atoms with Crippen LogP contribution < -0.4 is 9.47 Å². The molecule has 1 amide bonds. The van der Waals surface area contributed by atoms with Crippen LogP contribution in [-0.2, 0) is 0 Å². The van der Waals surface area contributed by atoms with Crippen molar-refractivity contribution in [1.82, 2.24) is 4.90 Å². The van der Waals surface area contributed by atoms with E-state index in [1.54, 1.807) is 19.1 Å². The molecule has 0 heterocycles. The van der Waals surface area contributed by atoms with Gasteiger partial charge in [0.15, 0.2) is 11.5 Å². The Hall–Kier alpha value is -1.71. The average Bonchev–Trinajstić information content (AvgIpc) is 2.39. The van der Waals surface area contributed by atoms with Crippen LogP contribution in [-0.4, -0.2) is 38.1 Å². The van der Waals surface area contributed by atoms with Crippen LogP contribution in [0.5, 0.6) is 11.5 Å². The summed E-state index contributed by atoms with van der Waals surface area (Å²) >= 11 is 0. The third kappa shape index (κ3) is 2.58. The van der Waals surface area contributed by atoms with Gasteiger partial charge in [-0.25, -0.2) is 0 Å². The van der Waals surface area contributed by atoms with Gasteiger partial charge in [-0.3, -0.25) is 4.79 Å². The third-order valence-corrected chi connectivity index (χ3v) is 3.02. The summed E-state index contributed by atoms with van der Waals surface area (Å²) in [5.41, 5.74) is 1.48. The molecule has 1 aromatic rings. The number of carbonyl (C=O) groups is 1. The Balaban J connectivity index is 3.33. The van der Waals surface area contributed by atoms with Crippen molar-refractivity contribution in [2.75, 3.05) is 27.3 Å². The Morgan fingerprint density at radius 2 is 1.78 bits per heavy atom. The van der Waals surface area contributed by atoms with E-state index < -0.39 is 0 Å². The van der Waals surface area contributed by atoms with Crippen LogP contribution >= 0.6 is 0 Å². The molecule has 0 radical (unpaired) electrons. The summed E-state index contributed by atoms with van der Waals surface area (Å²) in [6, 6.07) is 3.69. The van der Waals surface area contributed by atoms with Crippen molar-refractivity contribution in [1.29, 1.82) is 0 Å². The molecule has 0 unspecified atom stereocenters. The summed E-state index contributed by atoms with van der Waals surface area (Å²) < 4.78 is 10.6. The van der Waals surface area contributed by atoms with Gasteiger partial charge < -0.3 is 14.4 Å². The van der Waals surface area contributed by atoms with Crippen LogP contribution in [0.25, 0.3) is 0 Å². The summed E-state index contributed by atoms with van der Waals surface area (Å²) in [6.45, 7) is 7.18. The first-order valence-corrected chi connectivity index (χ1v) is 6.11. The largest absolute Gasteiger partial charge is 0.493 e. The molecule has 4 heteroatoms. The Morgan fingerprint density at radius 3 is 2.22 bits per heavy atom. The van der Waals surface area contributed by atoms with E-state index in [1.807, 2.05) is 32.9 Å². The van der Waals surface area contributed by atoms with Gasteiger partial charge in [0, 0.05) is 13.1 Å². The fourth-order valence-electron chi connectivity index (χ4n) is 1.96. The average molecular weight is 251 g/mol. The minimum Gasteiger partial charge on any atom is -0.493 e. The predicted octanol–water partition coefficient (Wildman–Crippen LogP) is 2.49. The van der Waals surface area contributed by atoms with E-state index in [1.165, 1.54) is 0 Å². The van der Waals surface area contributed by atoms with Crippen molar-refractivity contribution in [2.45, 2.75) is 20.8 Å². The van der Waals surface area contributed by atoms with Gasteiger partial charge in [0.25, 0.3) is 5.91 Å². The SMILES string of the molecule is CCN(CC)C(=O)c1c(C)ccc(OC)c1OC. The normalized spacial score (nSPS) is 10.1. The number of nitrogens with zero attached hydrogens (tertiary/aromatic N) is 1. The summed E-state index contributed by atoms with van der Waals surface area (Å²) in [7, 11) is 3.12. The lowest BCUT2D eigenvalue weighted by molar-refractivity contribution is 0.0768. The van der Waals surface area contributed by atoms with Crippen molar-refractivity contribution in [3.63, 3.8) is 0 Å². The number of rotatable bonds is 5. The molecule has 0 aliphatic rings. The molecule has 0 fully saturated rings. The van der Waals surface area contributed by atoms with Crippen molar-refractivity contribution < 1.29 is 14.3 Å². The Kier molecular flexibility index (Phi) is 5.01. The van der Waals surface area contributed by atoms with Gasteiger partial charge >= 0.3 is 0 Å². The Morgan fingerprint density at radius 1 is 1.17 bits per heavy atom. The van der Waals surface area contributed by atoms with Crippen molar-refractivity contribution in [2.24, 2.45) is 0 Å². The van der Waals surface area contributed by atoms with E-state index in [9.17, 15) is 4.79 Å². The zero-order valence-corrected chi connectivity index (χ0v) is 11.7. The highest BCUT2D eigenvalue weighted by Gasteiger charge is 2.22. The van der Waals surface area contributed by atoms with Crippen molar-refractivity contribution >= 4 is 5.91 Å². The summed E-state index contributed by atoms with van der Waals surface area (Å²) in [5, 5.41) is 0. The highest BCUT2D eigenvalue weighted by Crippen LogP contribution is 2.33. The monoisotopic (exact) mass is 251 g/mol. The molecule has 0 bridgehead atoms. The van der Waals surface area contributed by atoms with Gasteiger partial charge in [-0.1, -0.05) is 6.07 Å². The molecule has 18 heavy (non-hydrogen) atoms. The molecular formula is C14H21NO3. The predicted molar refractivity (Wildman–Crippen MR) is 71.5 cm³/mol. The smallest absolute Gasteiger partial charge is 0.258 e. The lowest BCUT2D eigenvalue weighted by Crippen LogP contribution is -2.31. The van der Waals surface area contributed by atoms with Gasteiger partial charge in [-0.15, -0.1) is 0 Å². The molecule has 4 nitrogen and oxygen atoms in total. The molecule has 100 valence electrons. The number of methoxy groups -OCH3 is 2. The summed E-state index contributed by atoms with van der Waals surface area (Å²) in [4.78, 5) is 14.2. The maximum atomic E-state index is 12.5. The first-order chi connectivity index (χ1) is 8.60. The highest BCUT2D eigenvalue weighted by atomic mass is 16.5. The number of carbonyl (C=O) groups excluding carboxylic acids is 1. The number of benzene rings is 1.